The van der Waals surface area contributed by atoms with Gasteiger partial charge in [0, 0.05) is 13.0 Å². The second-order valence-electron chi connectivity index (χ2n) is 4.26. The average molecular weight is 285 g/mol. The summed E-state index contributed by atoms with van der Waals surface area (Å²) in [6.07, 6.45) is 0.837. The second-order valence-corrected chi connectivity index (χ2v) is 6.19. The summed E-state index contributed by atoms with van der Waals surface area (Å²) in [5, 5.41) is 8.47. The van der Waals surface area contributed by atoms with Crippen LogP contribution in [0.2, 0.25) is 0 Å². The van der Waals surface area contributed by atoms with Crippen LogP contribution in [-0.2, 0) is 27.8 Å². The Kier molecular flexibility index (Phi) is 5.98. The van der Waals surface area contributed by atoms with Gasteiger partial charge in [0.25, 0.3) is 0 Å². The molecular formula is C13H19NO4S. The van der Waals surface area contributed by atoms with Crippen LogP contribution in [0.3, 0.4) is 0 Å². The quantitative estimate of drug-likeness (QED) is 0.758. The van der Waals surface area contributed by atoms with E-state index in [9.17, 15) is 13.2 Å². The predicted molar refractivity (Wildman–Crippen MR) is 73.3 cm³/mol. The lowest BCUT2D eigenvalue weighted by Crippen LogP contribution is -2.26. The highest BCUT2D eigenvalue weighted by Crippen LogP contribution is 2.09. The Morgan fingerprint density at radius 3 is 2.47 bits per heavy atom. The number of rotatable bonds is 8. The normalized spacial score (nSPS) is 11.4. The summed E-state index contributed by atoms with van der Waals surface area (Å²) < 4.78 is 25.9. The highest BCUT2D eigenvalue weighted by Gasteiger charge is 2.11. The summed E-state index contributed by atoms with van der Waals surface area (Å²) in [6.45, 7) is 2.26. The zero-order valence-corrected chi connectivity index (χ0v) is 11.7. The molecule has 0 amide bonds. The highest BCUT2D eigenvalue weighted by atomic mass is 32.2. The topological polar surface area (TPSA) is 83.5 Å². The molecule has 0 bridgehead atoms. The van der Waals surface area contributed by atoms with Crippen LogP contribution in [-0.4, -0.2) is 25.2 Å². The number of carboxylic acid groups (broad SMARTS) is 1. The molecule has 0 aliphatic carbocycles. The molecule has 0 fully saturated rings. The maximum atomic E-state index is 11.7. The molecule has 19 heavy (non-hydrogen) atoms. The van der Waals surface area contributed by atoms with Gasteiger partial charge in [-0.3, -0.25) is 4.79 Å². The van der Waals surface area contributed by atoms with Crippen LogP contribution in [0.5, 0.6) is 0 Å². The van der Waals surface area contributed by atoms with E-state index < -0.39 is 16.0 Å². The van der Waals surface area contributed by atoms with Gasteiger partial charge in [0.05, 0.1) is 5.75 Å². The molecule has 0 spiro atoms. The molecule has 106 valence electrons. The summed E-state index contributed by atoms with van der Waals surface area (Å²) in [7, 11) is -3.41. The highest BCUT2D eigenvalue weighted by molar-refractivity contribution is 7.89. The van der Waals surface area contributed by atoms with Crippen LogP contribution < -0.4 is 4.72 Å². The van der Waals surface area contributed by atoms with Crippen molar-refractivity contribution in [2.75, 3.05) is 5.75 Å². The first-order chi connectivity index (χ1) is 8.94. The van der Waals surface area contributed by atoms with Crippen molar-refractivity contribution >= 4 is 16.0 Å². The molecule has 0 saturated carbocycles. The van der Waals surface area contributed by atoms with E-state index in [2.05, 4.69) is 4.72 Å². The number of sulfonamides is 1. The molecule has 1 aromatic carbocycles. The number of nitrogens with one attached hydrogen (secondary N) is 1. The molecule has 0 saturated heterocycles. The predicted octanol–water partition coefficient (Wildman–Crippen LogP) is 1.53. The van der Waals surface area contributed by atoms with E-state index in [4.69, 9.17) is 5.11 Å². The first-order valence-corrected chi connectivity index (χ1v) is 7.85. The Morgan fingerprint density at radius 1 is 1.26 bits per heavy atom. The zero-order valence-electron chi connectivity index (χ0n) is 10.9. The lowest BCUT2D eigenvalue weighted by molar-refractivity contribution is -0.137. The van der Waals surface area contributed by atoms with Gasteiger partial charge in [0.2, 0.25) is 10.0 Å². The summed E-state index contributed by atoms with van der Waals surface area (Å²) >= 11 is 0. The molecule has 0 unspecified atom stereocenters. The fourth-order valence-electron chi connectivity index (χ4n) is 1.75. The van der Waals surface area contributed by atoms with Gasteiger partial charge in [0.15, 0.2) is 0 Å². The Hall–Kier alpha value is -1.40. The van der Waals surface area contributed by atoms with Gasteiger partial charge in [-0.1, -0.05) is 31.2 Å². The molecule has 0 aliphatic rings. The number of hydrogen-bond acceptors (Lipinski definition) is 3. The third-order valence-corrected chi connectivity index (χ3v) is 4.20. The van der Waals surface area contributed by atoms with Gasteiger partial charge in [-0.05, 0) is 24.0 Å². The van der Waals surface area contributed by atoms with Crippen LogP contribution in [0.4, 0.5) is 0 Å². The fourth-order valence-corrected chi connectivity index (χ4v) is 2.79. The second kappa shape index (κ2) is 7.25. The maximum absolute atomic E-state index is 11.7. The third kappa shape index (κ3) is 5.85. The van der Waals surface area contributed by atoms with E-state index in [0.29, 0.717) is 0 Å². The fraction of sp³-hybridized carbons (Fsp3) is 0.462. The van der Waals surface area contributed by atoms with Crippen LogP contribution in [0, 0.1) is 0 Å². The van der Waals surface area contributed by atoms with Crippen LogP contribution in [0.1, 0.15) is 30.9 Å². The maximum Gasteiger partial charge on any atom is 0.303 e. The number of hydrogen-bond donors (Lipinski definition) is 2. The Balaban J connectivity index is 2.53. The number of benzene rings is 1. The van der Waals surface area contributed by atoms with Crippen LogP contribution >= 0.6 is 0 Å². The smallest absolute Gasteiger partial charge is 0.303 e. The summed E-state index contributed by atoms with van der Waals surface area (Å²) in [4.78, 5) is 10.3. The van der Waals surface area contributed by atoms with Crippen LogP contribution in [0.15, 0.2) is 24.3 Å². The first kappa shape index (κ1) is 15.7. The van der Waals surface area contributed by atoms with Crippen molar-refractivity contribution in [3.05, 3.63) is 35.4 Å². The van der Waals surface area contributed by atoms with Crippen LogP contribution in [0.25, 0.3) is 0 Å². The largest absolute Gasteiger partial charge is 0.481 e. The van der Waals surface area contributed by atoms with Crippen molar-refractivity contribution in [3.8, 4) is 0 Å². The molecule has 0 atom stereocenters. The van der Waals surface area contributed by atoms with E-state index in [1.807, 2.05) is 31.2 Å². The molecule has 0 aliphatic heterocycles. The molecule has 6 heteroatoms. The lowest BCUT2D eigenvalue weighted by atomic mass is 10.1. The first-order valence-electron chi connectivity index (χ1n) is 6.20. The van der Waals surface area contributed by atoms with E-state index in [1.54, 1.807) is 0 Å². The SMILES string of the molecule is CCc1ccccc1CNS(=O)(=O)CCCC(=O)O. The Bertz CT molecular complexity index is 525. The summed E-state index contributed by atoms with van der Waals surface area (Å²) in [6, 6.07) is 7.64. The number of aryl methyl sites for hydroxylation is 1. The third-order valence-electron chi connectivity index (χ3n) is 2.79. The Labute approximate surface area is 113 Å². The molecular weight excluding hydrogens is 266 g/mol. The van der Waals surface area contributed by atoms with Crippen molar-refractivity contribution in [1.29, 1.82) is 0 Å². The van der Waals surface area contributed by atoms with Gasteiger partial charge >= 0.3 is 5.97 Å². The van der Waals surface area contributed by atoms with E-state index in [1.165, 1.54) is 0 Å². The van der Waals surface area contributed by atoms with Crippen molar-refractivity contribution in [1.82, 2.24) is 4.72 Å². The van der Waals surface area contributed by atoms with E-state index in [0.717, 1.165) is 17.5 Å². The van der Waals surface area contributed by atoms with Gasteiger partial charge in [-0.15, -0.1) is 0 Å². The standard InChI is InChI=1S/C13H19NO4S/c1-2-11-6-3-4-7-12(11)10-14-19(17,18)9-5-8-13(15)16/h3-4,6-7,14H,2,5,8-10H2,1H3,(H,15,16). The van der Waals surface area contributed by atoms with E-state index >= 15 is 0 Å². The number of aliphatic carboxylic acids is 1. The average Bonchev–Trinajstić information content (AvgIpc) is 2.36. The minimum absolute atomic E-state index is 0.125. The van der Waals surface area contributed by atoms with Crippen molar-refractivity contribution < 1.29 is 18.3 Å². The number of carboxylic acids is 1. The van der Waals surface area contributed by atoms with Crippen molar-refractivity contribution in [2.45, 2.75) is 32.7 Å². The molecule has 0 aromatic heterocycles. The molecule has 0 radical (unpaired) electrons. The summed E-state index contributed by atoms with van der Waals surface area (Å²) in [5.41, 5.74) is 2.06. The van der Waals surface area contributed by atoms with Crippen molar-refractivity contribution in [3.63, 3.8) is 0 Å². The van der Waals surface area contributed by atoms with Gasteiger partial charge < -0.3 is 5.11 Å². The molecule has 0 heterocycles. The van der Waals surface area contributed by atoms with Crippen molar-refractivity contribution in [2.24, 2.45) is 0 Å². The zero-order chi connectivity index (χ0) is 14.3. The lowest BCUT2D eigenvalue weighted by Gasteiger charge is -2.09. The minimum Gasteiger partial charge on any atom is -0.481 e. The van der Waals surface area contributed by atoms with Gasteiger partial charge in [-0.2, -0.15) is 0 Å². The molecule has 1 aromatic rings. The van der Waals surface area contributed by atoms with E-state index in [-0.39, 0.29) is 25.1 Å². The van der Waals surface area contributed by atoms with Gasteiger partial charge in [0.1, 0.15) is 0 Å². The Morgan fingerprint density at radius 2 is 1.89 bits per heavy atom. The summed E-state index contributed by atoms with van der Waals surface area (Å²) in [5.74, 6) is -1.14. The number of carbonyl (C=O) groups is 1. The monoisotopic (exact) mass is 285 g/mol. The molecule has 1 rings (SSSR count). The molecule has 2 N–H and O–H groups in total. The minimum atomic E-state index is -3.41. The molecule has 5 nitrogen and oxygen atoms in total. The van der Waals surface area contributed by atoms with Gasteiger partial charge in [-0.25, -0.2) is 13.1 Å².